The average Bonchev–Trinajstić information content (AvgIpc) is 3.05. The number of benzene rings is 1. The molecule has 1 aliphatic rings. The monoisotopic (exact) mass is 363 g/mol. The van der Waals surface area contributed by atoms with Gasteiger partial charge in [0, 0.05) is 5.92 Å². The third-order valence-corrected chi connectivity index (χ3v) is 5.67. The Morgan fingerprint density at radius 1 is 1.08 bits per heavy atom. The highest BCUT2D eigenvalue weighted by Crippen LogP contribution is 2.40. The lowest BCUT2D eigenvalue weighted by molar-refractivity contribution is 0.296. The zero-order valence-corrected chi connectivity index (χ0v) is 15.7. The summed E-state index contributed by atoms with van der Waals surface area (Å²) in [6, 6.07) is 10.6. The third-order valence-electron chi connectivity index (χ3n) is 4.79. The third kappa shape index (κ3) is 4.46. The van der Waals surface area contributed by atoms with Crippen molar-refractivity contribution >= 4 is 10.0 Å². The summed E-state index contributed by atoms with van der Waals surface area (Å²) < 4.78 is 31.0. The van der Waals surface area contributed by atoms with Crippen LogP contribution in [0.1, 0.15) is 68.6 Å². The van der Waals surface area contributed by atoms with Crippen molar-refractivity contribution < 1.29 is 12.9 Å². The summed E-state index contributed by atoms with van der Waals surface area (Å²) in [6.45, 7) is 3.46. The largest absolute Gasteiger partial charge is 0.339 e. The van der Waals surface area contributed by atoms with Gasteiger partial charge in [-0.25, -0.2) is 13.1 Å². The first kappa shape index (κ1) is 18.1. The van der Waals surface area contributed by atoms with Crippen LogP contribution in [0.2, 0.25) is 0 Å². The van der Waals surface area contributed by atoms with Crippen molar-refractivity contribution in [1.29, 1.82) is 0 Å². The molecule has 0 spiro atoms. The molecule has 0 saturated heterocycles. The molecule has 3 rings (SSSR count). The molecule has 1 aromatic heterocycles. The van der Waals surface area contributed by atoms with Gasteiger partial charge in [0.2, 0.25) is 15.9 Å². The van der Waals surface area contributed by atoms with E-state index in [0.29, 0.717) is 17.6 Å². The molecule has 1 aliphatic carbocycles. The number of hydrogen-bond donors (Lipinski definition) is 1. The fourth-order valence-corrected chi connectivity index (χ4v) is 4.58. The lowest BCUT2D eigenvalue weighted by Crippen LogP contribution is -2.41. The van der Waals surface area contributed by atoms with Gasteiger partial charge in [-0.2, -0.15) is 4.98 Å². The van der Waals surface area contributed by atoms with E-state index in [1.165, 1.54) is 5.56 Å². The summed E-state index contributed by atoms with van der Waals surface area (Å²) in [5.41, 5.74) is 0.502. The van der Waals surface area contributed by atoms with E-state index in [-0.39, 0.29) is 5.92 Å². The number of sulfonamides is 1. The number of hydrogen-bond acceptors (Lipinski definition) is 5. The molecule has 0 bridgehead atoms. The van der Waals surface area contributed by atoms with E-state index in [0.717, 1.165) is 31.9 Å². The van der Waals surface area contributed by atoms with Crippen LogP contribution in [0.5, 0.6) is 0 Å². The Labute approximate surface area is 149 Å². The van der Waals surface area contributed by atoms with Crippen LogP contribution < -0.4 is 4.72 Å². The lowest BCUT2D eigenvalue weighted by Gasteiger charge is -2.26. The molecule has 0 unspecified atom stereocenters. The van der Waals surface area contributed by atoms with Crippen molar-refractivity contribution in [3.8, 4) is 0 Å². The van der Waals surface area contributed by atoms with E-state index in [9.17, 15) is 8.42 Å². The maximum atomic E-state index is 11.5. The Kier molecular flexibility index (Phi) is 4.97. The SMILES string of the molecule is CC(C)(NS(C)(=O)=O)c1noc(C2CCC(c3ccccc3)CC2)n1. The molecule has 136 valence electrons. The van der Waals surface area contributed by atoms with Gasteiger partial charge in [-0.1, -0.05) is 35.5 Å². The minimum atomic E-state index is -3.36. The predicted molar refractivity (Wildman–Crippen MR) is 95.7 cm³/mol. The van der Waals surface area contributed by atoms with Gasteiger partial charge in [0.1, 0.15) is 0 Å². The second kappa shape index (κ2) is 6.88. The Morgan fingerprint density at radius 2 is 1.68 bits per heavy atom. The molecule has 7 heteroatoms. The fourth-order valence-electron chi connectivity index (χ4n) is 3.56. The van der Waals surface area contributed by atoms with Gasteiger partial charge in [0.05, 0.1) is 11.8 Å². The van der Waals surface area contributed by atoms with E-state index in [1.54, 1.807) is 13.8 Å². The summed E-state index contributed by atoms with van der Waals surface area (Å²) >= 11 is 0. The summed E-state index contributed by atoms with van der Waals surface area (Å²) in [4.78, 5) is 4.48. The number of nitrogens with zero attached hydrogens (tertiary/aromatic N) is 2. The highest BCUT2D eigenvalue weighted by atomic mass is 32.2. The van der Waals surface area contributed by atoms with Crippen molar-refractivity contribution in [3.63, 3.8) is 0 Å². The number of aromatic nitrogens is 2. The van der Waals surface area contributed by atoms with Crippen LogP contribution in [0.15, 0.2) is 34.9 Å². The fraction of sp³-hybridized carbons (Fsp3) is 0.556. The summed E-state index contributed by atoms with van der Waals surface area (Å²) in [5, 5.41) is 4.01. The summed E-state index contributed by atoms with van der Waals surface area (Å²) in [5.74, 6) is 1.82. The van der Waals surface area contributed by atoms with Crippen LogP contribution in [0, 0.1) is 0 Å². The molecule has 0 atom stereocenters. The van der Waals surface area contributed by atoms with Crippen LogP contribution in [0.3, 0.4) is 0 Å². The number of nitrogens with one attached hydrogen (secondary N) is 1. The molecule has 0 aliphatic heterocycles. The smallest absolute Gasteiger partial charge is 0.229 e. The van der Waals surface area contributed by atoms with Gasteiger partial charge in [0.15, 0.2) is 5.82 Å². The van der Waals surface area contributed by atoms with Crippen molar-refractivity contribution in [2.75, 3.05) is 6.26 Å². The maximum absolute atomic E-state index is 11.5. The molecule has 1 N–H and O–H groups in total. The minimum Gasteiger partial charge on any atom is -0.339 e. The summed E-state index contributed by atoms with van der Waals surface area (Å²) in [6.07, 6.45) is 5.32. The quantitative estimate of drug-likeness (QED) is 0.881. The topological polar surface area (TPSA) is 85.1 Å². The van der Waals surface area contributed by atoms with E-state index >= 15 is 0 Å². The molecule has 0 radical (unpaired) electrons. The van der Waals surface area contributed by atoms with E-state index in [1.807, 2.05) is 6.07 Å². The van der Waals surface area contributed by atoms with Crippen molar-refractivity contribution in [1.82, 2.24) is 14.9 Å². The van der Waals surface area contributed by atoms with Gasteiger partial charge < -0.3 is 4.52 Å². The molecule has 1 heterocycles. The van der Waals surface area contributed by atoms with Crippen LogP contribution >= 0.6 is 0 Å². The van der Waals surface area contributed by atoms with Crippen molar-refractivity contribution in [2.24, 2.45) is 0 Å². The molecule has 2 aromatic rings. The van der Waals surface area contributed by atoms with Crippen LogP contribution in [0.25, 0.3) is 0 Å². The van der Waals surface area contributed by atoms with E-state index < -0.39 is 15.6 Å². The van der Waals surface area contributed by atoms with Gasteiger partial charge >= 0.3 is 0 Å². The Balaban J connectivity index is 1.66. The number of rotatable bonds is 5. The van der Waals surface area contributed by atoms with Gasteiger partial charge in [-0.3, -0.25) is 0 Å². The molecular formula is C18H25N3O3S. The van der Waals surface area contributed by atoms with Crippen molar-refractivity contribution in [3.05, 3.63) is 47.6 Å². The lowest BCUT2D eigenvalue weighted by atomic mass is 9.78. The molecule has 6 nitrogen and oxygen atoms in total. The zero-order valence-electron chi connectivity index (χ0n) is 14.9. The minimum absolute atomic E-state index is 0.246. The van der Waals surface area contributed by atoms with Gasteiger partial charge in [-0.15, -0.1) is 0 Å². The van der Waals surface area contributed by atoms with Crippen LogP contribution in [0.4, 0.5) is 0 Å². The molecule has 25 heavy (non-hydrogen) atoms. The first-order chi connectivity index (χ1) is 11.7. The van der Waals surface area contributed by atoms with Gasteiger partial charge in [0.25, 0.3) is 0 Å². The van der Waals surface area contributed by atoms with Gasteiger partial charge in [-0.05, 0) is 51.0 Å². The molecule has 1 aromatic carbocycles. The maximum Gasteiger partial charge on any atom is 0.229 e. The normalized spacial score (nSPS) is 22.0. The Bertz CT molecular complexity index is 807. The standard InChI is InChI=1S/C18H25N3O3S/c1-18(2,21-25(3,22)23)17-19-16(24-20-17)15-11-9-14(10-12-15)13-7-5-4-6-8-13/h4-8,14-15,21H,9-12H2,1-3H3. The second-order valence-electron chi connectivity index (χ2n) is 7.41. The summed E-state index contributed by atoms with van der Waals surface area (Å²) in [7, 11) is -3.36. The molecule has 1 fully saturated rings. The van der Waals surface area contributed by atoms with Crippen LogP contribution in [-0.2, 0) is 15.6 Å². The second-order valence-corrected chi connectivity index (χ2v) is 9.16. The molecular weight excluding hydrogens is 338 g/mol. The molecule has 1 saturated carbocycles. The van der Waals surface area contributed by atoms with Crippen molar-refractivity contribution in [2.45, 2.75) is 56.9 Å². The first-order valence-electron chi connectivity index (χ1n) is 8.62. The van der Waals surface area contributed by atoms with E-state index in [4.69, 9.17) is 4.52 Å². The zero-order chi connectivity index (χ0) is 18.1. The molecule has 0 amide bonds. The Hall–Kier alpha value is -1.73. The average molecular weight is 363 g/mol. The highest BCUT2D eigenvalue weighted by molar-refractivity contribution is 7.88. The van der Waals surface area contributed by atoms with E-state index in [2.05, 4.69) is 39.1 Å². The first-order valence-corrected chi connectivity index (χ1v) is 10.5. The predicted octanol–water partition coefficient (Wildman–Crippen LogP) is 3.30. The van der Waals surface area contributed by atoms with Crippen LogP contribution in [-0.4, -0.2) is 24.8 Å². The highest BCUT2D eigenvalue weighted by Gasteiger charge is 2.32. The Morgan fingerprint density at radius 3 is 2.28 bits per heavy atom.